The zero-order valence-corrected chi connectivity index (χ0v) is 11.1. The quantitative estimate of drug-likeness (QED) is 0.788. The van der Waals surface area contributed by atoms with Crippen molar-refractivity contribution < 1.29 is 4.74 Å². The molecule has 1 aromatic heterocycles. The second-order valence-electron chi connectivity index (χ2n) is 5.48. The summed E-state index contributed by atoms with van der Waals surface area (Å²) in [6.07, 6.45) is 7.71. The molecule has 1 aliphatic carbocycles. The predicted octanol–water partition coefficient (Wildman–Crippen LogP) is 1.95. The molecule has 2 rings (SSSR count). The normalized spacial score (nSPS) is 16.4. The van der Waals surface area contributed by atoms with Gasteiger partial charge in [-0.25, -0.2) is 0 Å². The Morgan fingerprint density at radius 2 is 2.29 bits per heavy atom. The van der Waals surface area contributed by atoms with Crippen molar-refractivity contribution in [3.8, 4) is 0 Å². The van der Waals surface area contributed by atoms with Crippen LogP contribution in [0.2, 0.25) is 0 Å². The molecule has 4 nitrogen and oxygen atoms in total. The third kappa shape index (κ3) is 4.13. The fraction of sp³-hybridized carbons (Fsp3) is 0.769. The Labute approximate surface area is 103 Å². The average Bonchev–Trinajstić information content (AvgIpc) is 3.03. The van der Waals surface area contributed by atoms with Gasteiger partial charge in [0.05, 0.1) is 11.8 Å². The van der Waals surface area contributed by atoms with Crippen molar-refractivity contribution in [1.82, 2.24) is 15.1 Å². The van der Waals surface area contributed by atoms with E-state index in [9.17, 15) is 0 Å². The van der Waals surface area contributed by atoms with Crippen LogP contribution in [0.5, 0.6) is 0 Å². The van der Waals surface area contributed by atoms with Gasteiger partial charge in [-0.15, -0.1) is 0 Å². The fourth-order valence-corrected chi connectivity index (χ4v) is 1.66. The number of hydrogen-bond acceptors (Lipinski definition) is 3. The molecular formula is C13H23N3O. The molecular weight excluding hydrogens is 214 g/mol. The first-order chi connectivity index (χ1) is 8.09. The highest BCUT2D eigenvalue weighted by molar-refractivity contribution is 5.04. The Kier molecular flexibility index (Phi) is 3.84. The maximum atomic E-state index is 5.40. The van der Waals surface area contributed by atoms with Crippen LogP contribution in [-0.4, -0.2) is 28.5 Å². The minimum Gasteiger partial charge on any atom is -0.379 e. The summed E-state index contributed by atoms with van der Waals surface area (Å²) in [7, 11) is 1.76. The van der Waals surface area contributed by atoms with E-state index < -0.39 is 0 Å². The Morgan fingerprint density at radius 1 is 1.53 bits per heavy atom. The molecule has 0 atom stereocenters. The van der Waals surface area contributed by atoms with Crippen LogP contribution in [0, 0.1) is 0 Å². The van der Waals surface area contributed by atoms with Crippen LogP contribution in [-0.2, 0) is 17.8 Å². The van der Waals surface area contributed by atoms with Gasteiger partial charge in [0.1, 0.15) is 0 Å². The van der Waals surface area contributed by atoms with Crippen molar-refractivity contribution in [3.63, 3.8) is 0 Å². The lowest BCUT2D eigenvalue weighted by molar-refractivity contribution is 0.0113. The standard InChI is InChI=1S/C13H23N3O/c1-13(2,17-3)6-7-16-10-11(9-15-16)8-14-12-4-5-12/h9-10,12,14H,4-8H2,1-3H3. The van der Waals surface area contributed by atoms with E-state index in [1.807, 2.05) is 10.9 Å². The van der Waals surface area contributed by atoms with Gasteiger partial charge in [-0.3, -0.25) is 4.68 Å². The highest BCUT2D eigenvalue weighted by Crippen LogP contribution is 2.19. The average molecular weight is 237 g/mol. The van der Waals surface area contributed by atoms with Gasteiger partial charge in [0.15, 0.2) is 0 Å². The van der Waals surface area contributed by atoms with E-state index in [0.29, 0.717) is 0 Å². The number of nitrogens with zero attached hydrogens (tertiary/aromatic N) is 2. The van der Waals surface area contributed by atoms with Crippen molar-refractivity contribution in [2.24, 2.45) is 0 Å². The van der Waals surface area contributed by atoms with Crippen molar-refractivity contribution in [1.29, 1.82) is 0 Å². The maximum Gasteiger partial charge on any atom is 0.0640 e. The van der Waals surface area contributed by atoms with E-state index in [0.717, 1.165) is 25.6 Å². The molecule has 0 aromatic carbocycles. The molecule has 17 heavy (non-hydrogen) atoms. The zero-order valence-electron chi connectivity index (χ0n) is 11.1. The molecule has 0 unspecified atom stereocenters. The topological polar surface area (TPSA) is 39.1 Å². The van der Waals surface area contributed by atoms with Crippen molar-refractivity contribution in [2.75, 3.05) is 7.11 Å². The van der Waals surface area contributed by atoms with Gasteiger partial charge in [0.2, 0.25) is 0 Å². The van der Waals surface area contributed by atoms with Crippen molar-refractivity contribution in [2.45, 2.75) is 57.8 Å². The first-order valence-corrected chi connectivity index (χ1v) is 6.39. The maximum absolute atomic E-state index is 5.40. The number of nitrogens with one attached hydrogen (secondary N) is 1. The number of hydrogen-bond donors (Lipinski definition) is 1. The highest BCUT2D eigenvalue weighted by Gasteiger charge is 2.20. The number of ether oxygens (including phenoxy) is 1. The van der Waals surface area contributed by atoms with Crippen LogP contribution in [0.4, 0.5) is 0 Å². The number of methoxy groups -OCH3 is 1. The lowest BCUT2D eigenvalue weighted by Gasteiger charge is -2.22. The minimum absolute atomic E-state index is 0.0711. The number of rotatable bonds is 7. The molecule has 0 aliphatic heterocycles. The lowest BCUT2D eigenvalue weighted by Crippen LogP contribution is -2.24. The van der Waals surface area contributed by atoms with Gasteiger partial charge in [-0.05, 0) is 33.1 Å². The van der Waals surface area contributed by atoms with Gasteiger partial charge in [-0.2, -0.15) is 5.10 Å². The van der Waals surface area contributed by atoms with E-state index in [4.69, 9.17) is 4.74 Å². The number of aryl methyl sites for hydroxylation is 1. The van der Waals surface area contributed by atoms with Gasteiger partial charge in [0, 0.05) is 38.0 Å². The summed E-state index contributed by atoms with van der Waals surface area (Å²) in [5.74, 6) is 0. The van der Waals surface area contributed by atoms with Crippen LogP contribution in [0.25, 0.3) is 0 Å². The first kappa shape index (κ1) is 12.6. The summed E-state index contributed by atoms with van der Waals surface area (Å²) in [6.45, 7) is 6.06. The Hall–Kier alpha value is -0.870. The van der Waals surface area contributed by atoms with Crippen LogP contribution in [0.3, 0.4) is 0 Å². The molecule has 1 saturated carbocycles. The molecule has 0 amide bonds. The molecule has 1 aromatic rings. The van der Waals surface area contributed by atoms with Crippen LogP contribution in [0.15, 0.2) is 12.4 Å². The predicted molar refractivity (Wildman–Crippen MR) is 67.8 cm³/mol. The van der Waals surface area contributed by atoms with Crippen molar-refractivity contribution >= 4 is 0 Å². The van der Waals surface area contributed by atoms with Gasteiger partial charge in [-0.1, -0.05) is 0 Å². The van der Waals surface area contributed by atoms with E-state index in [2.05, 4.69) is 30.5 Å². The molecule has 96 valence electrons. The Morgan fingerprint density at radius 3 is 2.94 bits per heavy atom. The van der Waals surface area contributed by atoms with E-state index in [1.165, 1.54) is 18.4 Å². The summed E-state index contributed by atoms with van der Waals surface area (Å²) >= 11 is 0. The van der Waals surface area contributed by atoms with Gasteiger partial charge >= 0.3 is 0 Å². The summed E-state index contributed by atoms with van der Waals surface area (Å²) in [6, 6.07) is 0.755. The monoisotopic (exact) mass is 237 g/mol. The second kappa shape index (κ2) is 5.19. The molecule has 1 fully saturated rings. The molecule has 0 spiro atoms. The van der Waals surface area contributed by atoms with Crippen LogP contribution >= 0.6 is 0 Å². The van der Waals surface area contributed by atoms with Gasteiger partial charge in [0.25, 0.3) is 0 Å². The highest BCUT2D eigenvalue weighted by atomic mass is 16.5. The van der Waals surface area contributed by atoms with E-state index in [-0.39, 0.29) is 5.60 Å². The molecule has 0 radical (unpaired) electrons. The summed E-state index contributed by atoms with van der Waals surface area (Å²) in [5.41, 5.74) is 1.20. The third-order valence-corrected chi connectivity index (χ3v) is 3.35. The lowest BCUT2D eigenvalue weighted by atomic mass is 10.1. The molecule has 4 heteroatoms. The minimum atomic E-state index is -0.0711. The second-order valence-corrected chi connectivity index (χ2v) is 5.48. The molecule has 1 heterocycles. The molecule has 1 aliphatic rings. The largest absolute Gasteiger partial charge is 0.379 e. The Bertz CT molecular complexity index is 355. The SMILES string of the molecule is COC(C)(C)CCn1cc(CNC2CC2)cn1. The number of aromatic nitrogens is 2. The molecule has 0 bridgehead atoms. The molecule has 1 N–H and O–H groups in total. The van der Waals surface area contributed by atoms with Crippen LogP contribution < -0.4 is 5.32 Å². The van der Waals surface area contributed by atoms with E-state index in [1.54, 1.807) is 7.11 Å². The third-order valence-electron chi connectivity index (χ3n) is 3.35. The summed E-state index contributed by atoms with van der Waals surface area (Å²) < 4.78 is 7.40. The van der Waals surface area contributed by atoms with Gasteiger partial charge < -0.3 is 10.1 Å². The fourth-order valence-electron chi connectivity index (χ4n) is 1.66. The molecule has 0 saturated heterocycles. The first-order valence-electron chi connectivity index (χ1n) is 6.39. The smallest absolute Gasteiger partial charge is 0.0640 e. The van der Waals surface area contributed by atoms with Crippen molar-refractivity contribution in [3.05, 3.63) is 18.0 Å². The Balaban J connectivity index is 1.76. The zero-order chi connectivity index (χ0) is 12.3. The van der Waals surface area contributed by atoms with E-state index >= 15 is 0 Å². The summed E-state index contributed by atoms with van der Waals surface area (Å²) in [4.78, 5) is 0. The van der Waals surface area contributed by atoms with Crippen LogP contribution in [0.1, 0.15) is 38.7 Å². The summed E-state index contributed by atoms with van der Waals surface area (Å²) in [5, 5.41) is 7.86.